The van der Waals surface area contributed by atoms with E-state index in [1.807, 2.05) is 44.2 Å². The highest BCUT2D eigenvalue weighted by Gasteiger charge is 2.42. The van der Waals surface area contributed by atoms with Gasteiger partial charge in [-0.3, -0.25) is 4.79 Å². The topological polar surface area (TPSA) is 37.3 Å². The molecule has 0 amide bonds. The Labute approximate surface area is 96.6 Å². The van der Waals surface area contributed by atoms with Gasteiger partial charge in [0, 0.05) is 0 Å². The molecule has 0 aliphatic rings. The van der Waals surface area contributed by atoms with Crippen LogP contribution in [-0.4, -0.2) is 11.1 Å². The van der Waals surface area contributed by atoms with E-state index in [2.05, 4.69) is 6.58 Å². The van der Waals surface area contributed by atoms with Crippen molar-refractivity contribution in [1.29, 1.82) is 0 Å². The third-order valence-electron chi connectivity index (χ3n) is 3.36. The summed E-state index contributed by atoms with van der Waals surface area (Å²) in [6, 6.07) is 9.39. The number of hydrogen-bond donors (Lipinski definition) is 1. The van der Waals surface area contributed by atoms with Gasteiger partial charge >= 0.3 is 5.97 Å². The Kier molecular flexibility index (Phi) is 3.88. The van der Waals surface area contributed by atoms with E-state index in [9.17, 15) is 9.90 Å². The summed E-state index contributed by atoms with van der Waals surface area (Å²) in [4.78, 5) is 11.6. The highest BCUT2D eigenvalue weighted by molar-refractivity contribution is 5.82. The Balaban J connectivity index is 3.34. The first-order valence-corrected chi connectivity index (χ1v) is 5.51. The summed E-state index contributed by atoms with van der Waals surface area (Å²) in [6.45, 7) is 7.52. The summed E-state index contributed by atoms with van der Waals surface area (Å²) in [5.41, 5.74) is -0.0133. The third kappa shape index (κ3) is 1.87. The number of allylic oxidation sites excluding steroid dienone is 1. The summed E-state index contributed by atoms with van der Waals surface area (Å²) in [7, 11) is 0. The molecule has 2 nitrogen and oxygen atoms in total. The second-order valence-corrected chi connectivity index (χ2v) is 4.02. The Morgan fingerprint density at radius 2 is 2.06 bits per heavy atom. The van der Waals surface area contributed by atoms with Crippen LogP contribution in [0.15, 0.2) is 43.0 Å². The highest BCUT2D eigenvalue weighted by Crippen LogP contribution is 2.36. The summed E-state index contributed by atoms with van der Waals surface area (Å²) >= 11 is 0. The van der Waals surface area contributed by atoms with E-state index in [-0.39, 0.29) is 5.92 Å². The minimum Gasteiger partial charge on any atom is -0.481 e. The minimum atomic E-state index is -0.858. The molecule has 0 aromatic heterocycles. The van der Waals surface area contributed by atoms with Crippen molar-refractivity contribution >= 4 is 5.97 Å². The molecule has 0 fully saturated rings. The van der Waals surface area contributed by atoms with Crippen molar-refractivity contribution in [2.24, 2.45) is 5.92 Å². The van der Waals surface area contributed by atoms with E-state index in [1.165, 1.54) is 0 Å². The maximum absolute atomic E-state index is 11.6. The number of benzene rings is 1. The van der Waals surface area contributed by atoms with Crippen LogP contribution in [0.2, 0.25) is 0 Å². The zero-order valence-electron chi connectivity index (χ0n) is 9.81. The first-order valence-electron chi connectivity index (χ1n) is 5.51. The van der Waals surface area contributed by atoms with Crippen molar-refractivity contribution in [2.75, 3.05) is 0 Å². The molecule has 0 aliphatic carbocycles. The van der Waals surface area contributed by atoms with Crippen LogP contribution in [0.25, 0.3) is 0 Å². The first-order chi connectivity index (χ1) is 7.59. The van der Waals surface area contributed by atoms with E-state index >= 15 is 0 Å². The van der Waals surface area contributed by atoms with Gasteiger partial charge in [-0.05, 0) is 17.9 Å². The number of carboxylic acids is 1. The zero-order valence-corrected chi connectivity index (χ0v) is 9.81. The van der Waals surface area contributed by atoms with E-state index in [0.29, 0.717) is 6.42 Å². The van der Waals surface area contributed by atoms with Crippen molar-refractivity contribution in [3.8, 4) is 0 Å². The van der Waals surface area contributed by atoms with Gasteiger partial charge in [-0.15, -0.1) is 6.58 Å². The number of rotatable bonds is 5. The van der Waals surface area contributed by atoms with E-state index in [1.54, 1.807) is 6.08 Å². The number of carboxylic acid groups (broad SMARTS) is 1. The summed E-state index contributed by atoms with van der Waals surface area (Å²) < 4.78 is 0. The first kappa shape index (κ1) is 12.5. The lowest BCUT2D eigenvalue weighted by Crippen LogP contribution is -2.40. The Hall–Kier alpha value is -1.57. The van der Waals surface area contributed by atoms with Crippen LogP contribution in [0.5, 0.6) is 0 Å². The fourth-order valence-corrected chi connectivity index (χ4v) is 2.20. The lowest BCUT2D eigenvalue weighted by molar-refractivity contribution is -0.145. The van der Waals surface area contributed by atoms with Gasteiger partial charge in [0.25, 0.3) is 0 Å². The molecule has 1 N–H and O–H groups in total. The number of aliphatic carboxylic acids is 1. The molecule has 0 spiro atoms. The molecule has 0 bridgehead atoms. The van der Waals surface area contributed by atoms with Gasteiger partial charge in [0.05, 0.1) is 5.41 Å². The van der Waals surface area contributed by atoms with E-state index < -0.39 is 11.4 Å². The second-order valence-electron chi connectivity index (χ2n) is 4.02. The van der Waals surface area contributed by atoms with Crippen LogP contribution in [-0.2, 0) is 10.2 Å². The van der Waals surface area contributed by atoms with Crippen LogP contribution in [0.4, 0.5) is 0 Å². The molecule has 1 aromatic rings. The van der Waals surface area contributed by atoms with Gasteiger partial charge in [0.15, 0.2) is 0 Å². The largest absolute Gasteiger partial charge is 0.481 e. The van der Waals surface area contributed by atoms with Crippen molar-refractivity contribution in [2.45, 2.75) is 25.7 Å². The monoisotopic (exact) mass is 218 g/mol. The van der Waals surface area contributed by atoms with Crippen molar-refractivity contribution in [3.63, 3.8) is 0 Å². The van der Waals surface area contributed by atoms with Crippen LogP contribution in [0, 0.1) is 5.92 Å². The Morgan fingerprint density at radius 3 is 2.44 bits per heavy atom. The molecule has 0 heterocycles. The second kappa shape index (κ2) is 4.97. The van der Waals surface area contributed by atoms with Crippen molar-refractivity contribution < 1.29 is 9.90 Å². The van der Waals surface area contributed by atoms with Gasteiger partial charge in [-0.1, -0.05) is 50.3 Å². The average molecular weight is 218 g/mol. The van der Waals surface area contributed by atoms with Gasteiger partial charge in [0.2, 0.25) is 0 Å². The van der Waals surface area contributed by atoms with E-state index in [4.69, 9.17) is 0 Å². The molecule has 0 saturated carbocycles. The predicted molar refractivity (Wildman–Crippen MR) is 65.4 cm³/mol. The molecule has 0 aliphatic heterocycles. The maximum atomic E-state index is 11.6. The van der Waals surface area contributed by atoms with Gasteiger partial charge < -0.3 is 5.11 Å². The zero-order chi connectivity index (χ0) is 12.2. The SMILES string of the molecule is C=CC(C)C(CC)(C(=O)O)c1ccccc1. The molecular formula is C14H18O2. The third-order valence-corrected chi connectivity index (χ3v) is 3.36. The summed E-state index contributed by atoms with van der Waals surface area (Å²) in [6.07, 6.45) is 2.27. The highest BCUT2D eigenvalue weighted by atomic mass is 16.4. The number of hydrogen-bond acceptors (Lipinski definition) is 1. The molecule has 2 unspecified atom stereocenters. The maximum Gasteiger partial charge on any atom is 0.314 e. The average Bonchev–Trinajstić information content (AvgIpc) is 2.31. The van der Waals surface area contributed by atoms with Gasteiger partial charge in [-0.25, -0.2) is 0 Å². The molecular weight excluding hydrogens is 200 g/mol. The quantitative estimate of drug-likeness (QED) is 0.770. The smallest absolute Gasteiger partial charge is 0.314 e. The van der Waals surface area contributed by atoms with E-state index in [0.717, 1.165) is 5.56 Å². The fraction of sp³-hybridized carbons (Fsp3) is 0.357. The van der Waals surface area contributed by atoms with Crippen LogP contribution >= 0.6 is 0 Å². The van der Waals surface area contributed by atoms with Crippen molar-refractivity contribution in [1.82, 2.24) is 0 Å². The summed E-state index contributed by atoms with van der Waals surface area (Å²) in [5.74, 6) is -0.883. The van der Waals surface area contributed by atoms with Crippen LogP contribution in [0.3, 0.4) is 0 Å². The fourth-order valence-electron chi connectivity index (χ4n) is 2.20. The van der Waals surface area contributed by atoms with Gasteiger partial charge in [0.1, 0.15) is 0 Å². The molecule has 0 radical (unpaired) electrons. The summed E-state index contributed by atoms with van der Waals surface area (Å²) in [5, 5.41) is 9.53. The minimum absolute atomic E-state index is 0.0996. The molecule has 16 heavy (non-hydrogen) atoms. The lowest BCUT2D eigenvalue weighted by Gasteiger charge is -2.33. The molecule has 1 rings (SSSR count). The van der Waals surface area contributed by atoms with Crippen LogP contribution < -0.4 is 0 Å². The van der Waals surface area contributed by atoms with Gasteiger partial charge in [-0.2, -0.15) is 0 Å². The number of carbonyl (C=O) groups is 1. The molecule has 2 heteroatoms. The predicted octanol–water partition coefficient (Wildman–Crippen LogP) is 3.24. The van der Waals surface area contributed by atoms with Crippen LogP contribution in [0.1, 0.15) is 25.8 Å². The molecule has 2 atom stereocenters. The Morgan fingerprint density at radius 1 is 1.50 bits per heavy atom. The normalized spacial score (nSPS) is 16.1. The molecule has 1 aromatic carbocycles. The van der Waals surface area contributed by atoms with Crippen molar-refractivity contribution in [3.05, 3.63) is 48.6 Å². The lowest BCUT2D eigenvalue weighted by atomic mass is 9.69. The molecule has 0 saturated heterocycles. The standard InChI is InChI=1S/C14H18O2/c1-4-11(3)14(5-2,13(15)16)12-9-7-6-8-10-12/h4,6-11H,1,5H2,2-3H3,(H,15,16). The molecule has 86 valence electrons. The Bertz CT molecular complexity index is 370.